The van der Waals surface area contributed by atoms with E-state index < -0.39 is 11.9 Å². The van der Waals surface area contributed by atoms with E-state index in [0.717, 1.165) is 18.0 Å². The molecule has 23 heavy (non-hydrogen) atoms. The molecule has 0 saturated heterocycles. The quantitative estimate of drug-likeness (QED) is 0.700. The zero-order valence-corrected chi connectivity index (χ0v) is 13.5. The molecule has 0 aromatic carbocycles. The zero-order valence-electron chi connectivity index (χ0n) is 12.7. The Bertz CT molecular complexity index is 650. The van der Waals surface area contributed by atoms with Gasteiger partial charge in [0.2, 0.25) is 0 Å². The molecule has 0 fully saturated rings. The number of aryl methyl sites for hydroxylation is 1. The molecule has 1 aliphatic heterocycles. The SMILES string of the molecule is CN1CCC=C2c3nc(N)sc3CCC21.O=C(O)/C=C\C(=O)O. The van der Waals surface area contributed by atoms with E-state index >= 15 is 0 Å². The highest BCUT2D eigenvalue weighted by Crippen LogP contribution is 2.38. The fourth-order valence-electron chi connectivity index (χ4n) is 2.76. The molecule has 8 heteroatoms. The summed E-state index contributed by atoms with van der Waals surface area (Å²) >= 11 is 1.65. The summed E-state index contributed by atoms with van der Waals surface area (Å²) in [7, 11) is 2.21. The highest BCUT2D eigenvalue weighted by molar-refractivity contribution is 7.15. The minimum atomic E-state index is -1.26. The number of carboxylic acid groups (broad SMARTS) is 2. The first-order valence-electron chi connectivity index (χ1n) is 7.18. The van der Waals surface area contributed by atoms with Crippen molar-refractivity contribution in [2.24, 2.45) is 0 Å². The molecule has 0 amide bonds. The van der Waals surface area contributed by atoms with E-state index in [9.17, 15) is 9.59 Å². The van der Waals surface area contributed by atoms with E-state index in [1.165, 1.54) is 29.1 Å². The molecule has 2 heterocycles. The third-order valence-electron chi connectivity index (χ3n) is 3.74. The molecular weight excluding hydrogens is 318 g/mol. The van der Waals surface area contributed by atoms with Crippen LogP contribution in [-0.4, -0.2) is 51.7 Å². The number of fused-ring (bicyclic) bond motifs is 3. The Morgan fingerprint density at radius 2 is 2.04 bits per heavy atom. The number of carbonyl (C=O) groups is 2. The molecule has 0 saturated carbocycles. The maximum Gasteiger partial charge on any atom is 0.328 e. The third-order valence-corrected chi connectivity index (χ3v) is 4.68. The average Bonchev–Trinajstić information content (AvgIpc) is 2.87. The number of aromatic nitrogens is 1. The second kappa shape index (κ2) is 7.38. The Kier molecular flexibility index (Phi) is 5.51. The Morgan fingerprint density at radius 1 is 1.39 bits per heavy atom. The fraction of sp³-hybridized carbons (Fsp3) is 0.400. The lowest BCUT2D eigenvalue weighted by Crippen LogP contribution is -2.38. The van der Waals surface area contributed by atoms with E-state index in [4.69, 9.17) is 15.9 Å². The molecule has 1 aromatic heterocycles. The normalized spacial score (nSPS) is 20.0. The number of nitrogen functional groups attached to an aromatic ring is 1. The van der Waals surface area contributed by atoms with Crippen LogP contribution in [0.3, 0.4) is 0 Å². The highest BCUT2D eigenvalue weighted by atomic mass is 32.1. The van der Waals surface area contributed by atoms with Gasteiger partial charge in [-0.05, 0) is 31.9 Å². The minimum Gasteiger partial charge on any atom is -0.478 e. The Hall–Kier alpha value is -2.19. The van der Waals surface area contributed by atoms with E-state index in [1.807, 2.05) is 0 Å². The van der Waals surface area contributed by atoms with Crippen LogP contribution in [0, 0.1) is 0 Å². The smallest absolute Gasteiger partial charge is 0.328 e. The fourth-order valence-corrected chi connectivity index (χ4v) is 3.63. The van der Waals surface area contributed by atoms with Gasteiger partial charge in [-0.15, -0.1) is 11.3 Å². The third kappa shape index (κ3) is 4.40. The minimum absolute atomic E-state index is 0.558. The predicted octanol–water partition coefficient (Wildman–Crippen LogP) is 1.47. The van der Waals surface area contributed by atoms with E-state index in [0.29, 0.717) is 18.2 Å². The lowest BCUT2D eigenvalue weighted by atomic mass is 9.88. The Labute approximate surface area is 137 Å². The zero-order chi connectivity index (χ0) is 17.0. The first-order chi connectivity index (χ1) is 10.9. The van der Waals surface area contributed by atoms with Gasteiger partial charge in [-0.3, -0.25) is 4.90 Å². The van der Waals surface area contributed by atoms with Crippen molar-refractivity contribution >= 4 is 34.0 Å². The lowest BCUT2D eigenvalue weighted by Gasteiger charge is -2.35. The predicted molar refractivity (Wildman–Crippen MR) is 88.3 cm³/mol. The molecule has 1 unspecified atom stereocenters. The number of hydrogen-bond donors (Lipinski definition) is 3. The van der Waals surface area contributed by atoms with Gasteiger partial charge >= 0.3 is 11.9 Å². The Balaban J connectivity index is 0.000000207. The van der Waals surface area contributed by atoms with Crippen molar-refractivity contribution in [1.29, 1.82) is 0 Å². The van der Waals surface area contributed by atoms with E-state index in [-0.39, 0.29) is 0 Å². The largest absolute Gasteiger partial charge is 0.478 e. The summed E-state index contributed by atoms with van der Waals surface area (Å²) in [5.74, 6) is -2.51. The first kappa shape index (κ1) is 17.2. The summed E-state index contributed by atoms with van der Waals surface area (Å²) < 4.78 is 0. The van der Waals surface area contributed by atoms with Crippen LogP contribution < -0.4 is 5.73 Å². The van der Waals surface area contributed by atoms with Gasteiger partial charge in [-0.25, -0.2) is 14.6 Å². The molecule has 124 valence electrons. The van der Waals surface area contributed by atoms with Crippen LogP contribution in [0.4, 0.5) is 5.13 Å². The summed E-state index contributed by atoms with van der Waals surface area (Å²) in [6.45, 7) is 1.17. The number of anilines is 1. The number of nitrogens with zero attached hydrogens (tertiary/aromatic N) is 2. The number of hydrogen-bond acceptors (Lipinski definition) is 6. The standard InChI is InChI=1S/C11H15N3S.C4H4O4/c1-14-6-2-3-7-8(14)4-5-9-10(7)13-11(12)15-9;5-3(6)1-2-4(7)8/h3,8H,2,4-6H2,1H3,(H2,12,13);1-2H,(H,5,6)(H,7,8)/b;2-1-. The topological polar surface area (TPSA) is 117 Å². The van der Waals surface area contributed by atoms with Gasteiger partial charge in [-0.1, -0.05) is 6.08 Å². The van der Waals surface area contributed by atoms with Gasteiger partial charge in [-0.2, -0.15) is 0 Å². The molecule has 0 bridgehead atoms. The summed E-state index contributed by atoms with van der Waals surface area (Å²) in [5.41, 5.74) is 8.38. The summed E-state index contributed by atoms with van der Waals surface area (Å²) in [6, 6.07) is 0.577. The van der Waals surface area contributed by atoms with Crippen molar-refractivity contribution < 1.29 is 19.8 Å². The van der Waals surface area contributed by atoms with E-state index in [1.54, 1.807) is 11.3 Å². The van der Waals surface area contributed by atoms with Crippen LogP contribution in [0.1, 0.15) is 23.4 Å². The van der Waals surface area contributed by atoms with Crippen molar-refractivity contribution in [3.8, 4) is 0 Å². The van der Waals surface area contributed by atoms with Gasteiger partial charge in [0.1, 0.15) is 0 Å². The first-order valence-corrected chi connectivity index (χ1v) is 8.00. The highest BCUT2D eigenvalue weighted by Gasteiger charge is 2.31. The van der Waals surface area contributed by atoms with Crippen LogP contribution in [0.5, 0.6) is 0 Å². The monoisotopic (exact) mass is 337 g/mol. The molecular formula is C15H19N3O4S. The summed E-state index contributed by atoms with van der Waals surface area (Å²) in [4.78, 5) is 27.4. The van der Waals surface area contributed by atoms with Crippen molar-refractivity contribution in [3.05, 3.63) is 28.8 Å². The van der Waals surface area contributed by atoms with Crippen LogP contribution in [0.25, 0.3) is 5.57 Å². The molecule has 1 atom stereocenters. The number of aliphatic carboxylic acids is 2. The summed E-state index contributed by atoms with van der Waals surface area (Å²) in [5, 5.41) is 16.3. The van der Waals surface area contributed by atoms with Crippen LogP contribution in [0.15, 0.2) is 18.2 Å². The van der Waals surface area contributed by atoms with Crippen LogP contribution >= 0.6 is 11.3 Å². The number of carboxylic acids is 2. The maximum absolute atomic E-state index is 9.55. The van der Waals surface area contributed by atoms with Gasteiger partial charge < -0.3 is 15.9 Å². The molecule has 7 nitrogen and oxygen atoms in total. The molecule has 2 aliphatic rings. The van der Waals surface area contributed by atoms with Gasteiger partial charge in [0, 0.05) is 29.6 Å². The van der Waals surface area contributed by atoms with Crippen LogP contribution in [-0.2, 0) is 16.0 Å². The Morgan fingerprint density at radius 3 is 2.65 bits per heavy atom. The van der Waals surface area contributed by atoms with Crippen molar-refractivity contribution in [2.75, 3.05) is 19.3 Å². The van der Waals surface area contributed by atoms with E-state index in [2.05, 4.69) is 23.0 Å². The molecule has 3 rings (SSSR count). The van der Waals surface area contributed by atoms with Crippen molar-refractivity contribution in [2.45, 2.75) is 25.3 Å². The van der Waals surface area contributed by atoms with Gasteiger partial charge in [0.05, 0.1) is 5.69 Å². The number of rotatable bonds is 2. The number of nitrogens with two attached hydrogens (primary N) is 1. The van der Waals surface area contributed by atoms with Crippen molar-refractivity contribution in [3.63, 3.8) is 0 Å². The maximum atomic E-state index is 9.55. The molecule has 1 aliphatic carbocycles. The number of likely N-dealkylation sites (N-methyl/N-ethyl adjacent to an activating group) is 1. The molecule has 1 aromatic rings. The molecule has 4 N–H and O–H groups in total. The second-order valence-corrected chi connectivity index (χ2v) is 6.43. The van der Waals surface area contributed by atoms with Crippen molar-refractivity contribution in [1.82, 2.24) is 9.88 Å². The van der Waals surface area contributed by atoms with Crippen LogP contribution in [0.2, 0.25) is 0 Å². The van der Waals surface area contributed by atoms with Gasteiger partial charge in [0.15, 0.2) is 5.13 Å². The average molecular weight is 337 g/mol. The number of thiazole rings is 1. The molecule has 0 radical (unpaired) electrons. The van der Waals surface area contributed by atoms with Gasteiger partial charge in [0.25, 0.3) is 0 Å². The molecule has 0 spiro atoms. The summed E-state index contributed by atoms with van der Waals surface area (Å²) in [6.07, 6.45) is 6.96. The lowest BCUT2D eigenvalue weighted by molar-refractivity contribution is -0.134. The second-order valence-electron chi connectivity index (χ2n) is 5.32.